The third-order valence-electron chi connectivity index (χ3n) is 4.43. The average Bonchev–Trinajstić information content (AvgIpc) is 2.62. The molecule has 0 amide bonds. The SMILES string of the molecule is Cc1cccc(CCC(C)NC2CCCCCC2O)c1. The van der Waals surface area contributed by atoms with Gasteiger partial charge in [-0.25, -0.2) is 0 Å². The lowest BCUT2D eigenvalue weighted by Crippen LogP contribution is -2.44. The van der Waals surface area contributed by atoms with Gasteiger partial charge in [0.2, 0.25) is 0 Å². The number of hydrogen-bond acceptors (Lipinski definition) is 2. The molecule has 1 fully saturated rings. The first kappa shape index (κ1) is 15.5. The largest absolute Gasteiger partial charge is 0.392 e. The van der Waals surface area contributed by atoms with Crippen LogP contribution < -0.4 is 5.32 Å². The molecule has 3 atom stereocenters. The molecular formula is C18H29NO. The Morgan fingerprint density at radius 2 is 2.05 bits per heavy atom. The molecule has 0 bridgehead atoms. The van der Waals surface area contributed by atoms with E-state index in [0.717, 1.165) is 25.7 Å². The van der Waals surface area contributed by atoms with Crippen molar-refractivity contribution in [2.45, 2.75) is 77.0 Å². The molecular weight excluding hydrogens is 246 g/mol. The summed E-state index contributed by atoms with van der Waals surface area (Å²) in [5.74, 6) is 0. The van der Waals surface area contributed by atoms with Crippen molar-refractivity contribution >= 4 is 0 Å². The summed E-state index contributed by atoms with van der Waals surface area (Å²) in [6.07, 6.45) is 7.87. The highest BCUT2D eigenvalue weighted by atomic mass is 16.3. The number of aliphatic hydroxyl groups is 1. The highest BCUT2D eigenvalue weighted by Crippen LogP contribution is 2.19. The summed E-state index contributed by atoms with van der Waals surface area (Å²) in [5, 5.41) is 13.8. The van der Waals surface area contributed by atoms with Crippen LogP contribution in [0.3, 0.4) is 0 Å². The highest BCUT2D eigenvalue weighted by molar-refractivity contribution is 5.22. The predicted molar refractivity (Wildman–Crippen MR) is 85.0 cm³/mol. The van der Waals surface area contributed by atoms with Gasteiger partial charge in [0, 0.05) is 12.1 Å². The molecule has 1 aromatic carbocycles. The number of benzene rings is 1. The Morgan fingerprint density at radius 3 is 2.85 bits per heavy atom. The topological polar surface area (TPSA) is 32.3 Å². The summed E-state index contributed by atoms with van der Waals surface area (Å²) >= 11 is 0. The van der Waals surface area contributed by atoms with Gasteiger partial charge in [0.25, 0.3) is 0 Å². The van der Waals surface area contributed by atoms with E-state index in [2.05, 4.69) is 43.4 Å². The van der Waals surface area contributed by atoms with E-state index in [1.807, 2.05) is 0 Å². The van der Waals surface area contributed by atoms with Crippen LogP contribution in [0.1, 0.15) is 56.6 Å². The van der Waals surface area contributed by atoms with Crippen molar-refractivity contribution in [2.75, 3.05) is 0 Å². The first-order valence-electron chi connectivity index (χ1n) is 8.15. The molecule has 1 aliphatic carbocycles. The first-order valence-corrected chi connectivity index (χ1v) is 8.15. The zero-order valence-corrected chi connectivity index (χ0v) is 12.9. The fourth-order valence-electron chi connectivity index (χ4n) is 3.18. The van der Waals surface area contributed by atoms with Crippen LogP contribution in [0.5, 0.6) is 0 Å². The van der Waals surface area contributed by atoms with Gasteiger partial charge in [-0.05, 0) is 45.1 Å². The van der Waals surface area contributed by atoms with Crippen molar-refractivity contribution in [2.24, 2.45) is 0 Å². The number of aliphatic hydroxyl groups excluding tert-OH is 1. The van der Waals surface area contributed by atoms with Crippen LogP contribution in [0.25, 0.3) is 0 Å². The lowest BCUT2D eigenvalue weighted by Gasteiger charge is -2.26. The standard InChI is InChI=1S/C18H29NO/c1-14-7-6-8-16(13-14)12-11-15(2)19-17-9-4-3-5-10-18(17)20/h6-8,13,15,17-20H,3-5,9-12H2,1-2H3. The minimum atomic E-state index is -0.154. The van der Waals surface area contributed by atoms with Gasteiger partial charge in [-0.3, -0.25) is 0 Å². The molecule has 2 heteroatoms. The fraction of sp³-hybridized carbons (Fsp3) is 0.667. The highest BCUT2D eigenvalue weighted by Gasteiger charge is 2.22. The minimum Gasteiger partial charge on any atom is -0.392 e. The normalized spacial score (nSPS) is 25.1. The van der Waals surface area contributed by atoms with Crippen molar-refractivity contribution in [1.29, 1.82) is 0 Å². The Morgan fingerprint density at radius 1 is 1.25 bits per heavy atom. The molecule has 3 unspecified atom stereocenters. The van der Waals surface area contributed by atoms with Gasteiger partial charge in [-0.2, -0.15) is 0 Å². The van der Waals surface area contributed by atoms with E-state index in [9.17, 15) is 5.11 Å². The van der Waals surface area contributed by atoms with Gasteiger partial charge in [-0.15, -0.1) is 0 Å². The lowest BCUT2D eigenvalue weighted by molar-refractivity contribution is 0.114. The van der Waals surface area contributed by atoms with E-state index in [0.29, 0.717) is 12.1 Å². The maximum atomic E-state index is 10.2. The molecule has 2 N–H and O–H groups in total. The van der Waals surface area contributed by atoms with Gasteiger partial charge in [0.1, 0.15) is 0 Å². The number of aryl methyl sites for hydroxylation is 2. The summed E-state index contributed by atoms with van der Waals surface area (Å²) in [7, 11) is 0. The summed E-state index contributed by atoms with van der Waals surface area (Å²) in [6.45, 7) is 4.39. The van der Waals surface area contributed by atoms with Gasteiger partial charge < -0.3 is 10.4 Å². The van der Waals surface area contributed by atoms with Crippen LogP contribution in [0.15, 0.2) is 24.3 Å². The zero-order valence-electron chi connectivity index (χ0n) is 12.9. The maximum Gasteiger partial charge on any atom is 0.0693 e. The Balaban J connectivity index is 1.78. The summed E-state index contributed by atoms with van der Waals surface area (Å²) in [4.78, 5) is 0. The summed E-state index contributed by atoms with van der Waals surface area (Å²) < 4.78 is 0. The molecule has 112 valence electrons. The second-order valence-corrected chi connectivity index (χ2v) is 6.41. The average molecular weight is 275 g/mol. The van der Waals surface area contributed by atoms with E-state index in [1.54, 1.807) is 0 Å². The van der Waals surface area contributed by atoms with E-state index in [4.69, 9.17) is 0 Å². The van der Waals surface area contributed by atoms with Crippen LogP contribution in [-0.2, 0) is 6.42 Å². The molecule has 2 rings (SSSR count). The number of rotatable bonds is 5. The third kappa shape index (κ3) is 4.92. The molecule has 0 aromatic heterocycles. The van der Waals surface area contributed by atoms with E-state index >= 15 is 0 Å². The quantitative estimate of drug-likeness (QED) is 0.805. The van der Waals surface area contributed by atoms with E-state index in [1.165, 1.54) is 30.4 Å². The van der Waals surface area contributed by atoms with Crippen molar-refractivity contribution < 1.29 is 5.11 Å². The molecule has 2 nitrogen and oxygen atoms in total. The molecule has 0 aliphatic heterocycles. The lowest BCUT2D eigenvalue weighted by atomic mass is 10.0. The number of nitrogens with one attached hydrogen (secondary N) is 1. The van der Waals surface area contributed by atoms with Gasteiger partial charge in [0.15, 0.2) is 0 Å². The van der Waals surface area contributed by atoms with Gasteiger partial charge >= 0.3 is 0 Å². The van der Waals surface area contributed by atoms with Crippen molar-refractivity contribution in [3.05, 3.63) is 35.4 Å². The van der Waals surface area contributed by atoms with Crippen LogP contribution in [0.4, 0.5) is 0 Å². The first-order chi connectivity index (χ1) is 9.65. The van der Waals surface area contributed by atoms with Crippen LogP contribution >= 0.6 is 0 Å². The van der Waals surface area contributed by atoms with Crippen molar-refractivity contribution in [3.8, 4) is 0 Å². The molecule has 0 spiro atoms. The Hall–Kier alpha value is -0.860. The second kappa shape index (κ2) is 7.80. The molecule has 0 saturated heterocycles. The molecule has 1 aromatic rings. The molecule has 1 aliphatic rings. The summed E-state index contributed by atoms with van der Waals surface area (Å²) in [6, 6.07) is 9.52. The molecule has 1 saturated carbocycles. The molecule has 20 heavy (non-hydrogen) atoms. The summed E-state index contributed by atoms with van der Waals surface area (Å²) in [5.41, 5.74) is 2.75. The number of hydrogen-bond donors (Lipinski definition) is 2. The van der Waals surface area contributed by atoms with Gasteiger partial charge in [0.05, 0.1) is 6.10 Å². The van der Waals surface area contributed by atoms with E-state index < -0.39 is 0 Å². The van der Waals surface area contributed by atoms with Crippen LogP contribution in [0, 0.1) is 6.92 Å². The Bertz CT molecular complexity index is 404. The Kier molecular flexibility index (Phi) is 6.06. The van der Waals surface area contributed by atoms with Crippen LogP contribution in [0.2, 0.25) is 0 Å². The molecule has 0 heterocycles. The van der Waals surface area contributed by atoms with Crippen molar-refractivity contribution in [3.63, 3.8) is 0 Å². The Labute approximate surface area is 123 Å². The second-order valence-electron chi connectivity index (χ2n) is 6.41. The third-order valence-corrected chi connectivity index (χ3v) is 4.43. The van der Waals surface area contributed by atoms with Crippen molar-refractivity contribution in [1.82, 2.24) is 5.32 Å². The fourth-order valence-corrected chi connectivity index (χ4v) is 3.18. The van der Waals surface area contributed by atoms with Gasteiger partial charge in [-0.1, -0.05) is 49.1 Å². The zero-order chi connectivity index (χ0) is 14.4. The minimum absolute atomic E-state index is 0.154. The maximum absolute atomic E-state index is 10.2. The van der Waals surface area contributed by atoms with Crippen LogP contribution in [-0.4, -0.2) is 23.3 Å². The van der Waals surface area contributed by atoms with E-state index in [-0.39, 0.29) is 6.10 Å². The molecule has 0 radical (unpaired) electrons. The predicted octanol–water partition coefficient (Wildman–Crippen LogP) is 3.60. The monoisotopic (exact) mass is 275 g/mol. The smallest absolute Gasteiger partial charge is 0.0693 e.